The van der Waals surface area contributed by atoms with Crippen molar-refractivity contribution in [2.24, 2.45) is 0 Å². The summed E-state index contributed by atoms with van der Waals surface area (Å²) >= 11 is 3.21. The van der Waals surface area contributed by atoms with Crippen LogP contribution in [0.15, 0.2) is 51.7 Å². The molecule has 1 amide bonds. The van der Waals surface area contributed by atoms with Gasteiger partial charge in [-0.2, -0.15) is 9.29 Å². The van der Waals surface area contributed by atoms with E-state index in [1.165, 1.54) is 14.9 Å². The third kappa shape index (κ3) is 6.27. The maximum Gasteiger partial charge on any atom is 0.272 e. The first-order valence-corrected chi connectivity index (χ1v) is 14.2. The summed E-state index contributed by atoms with van der Waals surface area (Å²) < 4.78 is 58.7. The highest BCUT2D eigenvalue weighted by Gasteiger charge is 2.26. The molecule has 9 nitrogen and oxygen atoms in total. The molecule has 3 aromatic rings. The van der Waals surface area contributed by atoms with E-state index in [0.29, 0.717) is 24.5 Å². The van der Waals surface area contributed by atoms with Crippen molar-refractivity contribution in [3.8, 4) is 5.88 Å². The largest absolute Gasteiger partial charge is 0.472 e. The van der Waals surface area contributed by atoms with Crippen molar-refractivity contribution in [3.05, 3.63) is 91.4 Å². The maximum absolute atomic E-state index is 13.9. The molecule has 1 aliphatic rings. The topological polar surface area (TPSA) is 102 Å². The van der Waals surface area contributed by atoms with Gasteiger partial charge in [-0.3, -0.25) is 14.2 Å². The fourth-order valence-corrected chi connectivity index (χ4v) is 5.26. The van der Waals surface area contributed by atoms with Gasteiger partial charge in [0.15, 0.2) is 0 Å². The van der Waals surface area contributed by atoms with E-state index in [2.05, 4.69) is 20.9 Å². The summed E-state index contributed by atoms with van der Waals surface area (Å²) in [4.78, 5) is 31.8. The zero-order chi connectivity index (χ0) is 27.6. The van der Waals surface area contributed by atoms with Crippen molar-refractivity contribution in [1.29, 1.82) is 0 Å². The van der Waals surface area contributed by atoms with Gasteiger partial charge in [0, 0.05) is 43.4 Å². The van der Waals surface area contributed by atoms with Gasteiger partial charge in [0.25, 0.3) is 11.5 Å². The van der Waals surface area contributed by atoms with Crippen LogP contribution in [0.2, 0.25) is 0 Å². The summed E-state index contributed by atoms with van der Waals surface area (Å²) in [5.74, 6) is -1.30. The van der Waals surface area contributed by atoms with Crippen LogP contribution in [-0.2, 0) is 23.2 Å². The van der Waals surface area contributed by atoms with Gasteiger partial charge in [0.05, 0.1) is 12.8 Å². The van der Waals surface area contributed by atoms with Crippen LogP contribution in [0.1, 0.15) is 27.3 Å². The minimum Gasteiger partial charge on any atom is -0.472 e. The molecule has 1 fully saturated rings. The first kappa shape index (κ1) is 27.9. The van der Waals surface area contributed by atoms with Crippen LogP contribution >= 0.6 is 15.9 Å². The number of sulfonamides is 1. The summed E-state index contributed by atoms with van der Waals surface area (Å²) in [6.45, 7) is 2.71. The predicted molar refractivity (Wildman–Crippen MR) is 139 cm³/mol. The number of carbonyl (C=O) groups is 1. The molecule has 2 heterocycles. The van der Waals surface area contributed by atoms with Gasteiger partial charge in [-0.1, -0.05) is 12.1 Å². The molecule has 38 heavy (non-hydrogen) atoms. The van der Waals surface area contributed by atoms with Crippen LogP contribution in [-0.4, -0.2) is 65.5 Å². The van der Waals surface area contributed by atoms with E-state index >= 15 is 0 Å². The number of rotatable bonds is 7. The number of hydrogen-bond acceptors (Lipinski definition) is 6. The second kappa shape index (κ2) is 11.3. The Kier molecular flexibility index (Phi) is 8.28. The van der Waals surface area contributed by atoms with E-state index < -0.39 is 27.2 Å². The molecule has 13 heteroatoms. The third-order valence-corrected chi connectivity index (χ3v) is 8.17. The molecule has 0 spiro atoms. The highest BCUT2D eigenvalue weighted by atomic mass is 79.9. The van der Waals surface area contributed by atoms with E-state index in [4.69, 9.17) is 4.74 Å². The van der Waals surface area contributed by atoms with Gasteiger partial charge >= 0.3 is 0 Å². The number of hydrogen-bond donors (Lipinski definition) is 0. The van der Waals surface area contributed by atoms with Crippen molar-refractivity contribution in [3.63, 3.8) is 0 Å². The van der Waals surface area contributed by atoms with E-state index in [0.717, 1.165) is 24.0 Å². The molecule has 0 atom stereocenters. The maximum atomic E-state index is 13.9. The molecule has 0 N–H and O–H groups in total. The number of ether oxygens (including phenoxy) is 1. The molecule has 4 rings (SSSR count). The zero-order valence-electron chi connectivity index (χ0n) is 20.7. The van der Waals surface area contributed by atoms with Crippen LogP contribution in [0.3, 0.4) is 0 Å². The molecule has 202 valence electrons. The van der Waals surface area contributed by atoms with Gasteiger partial charge in [-0.05, 0) is 52.7 Å². The summed E-state index contributed by atoms with van der Waals surface area (Å²) in [5, 5.41) is 0. The van der Waals surface area contributed by atoms with Gasteiger partial charge in [-0.15, -0.1) is 0 Å². The van der Waals surface area contributed by atoms with Crippen molar-refractivity contribution < 1.29 is 26.7 Å². The molecule has 0 radical (unpaired) electrons. The number of piperazine rings is 1. The normalized spacial score (nSPS) is 14.5. The fourth-order valence-electron chi connectivity index (χ4n) is 4.02. The first-order chi connectivity index (χ1) is 17.9. The van der Waals surface area contributed by atoms with Gasteiger partial charge in [0.2, 0.25) is 15.9 Å². The van der Waals surface area contributed by atoms with Crippen molar-refractivity contribution in [2.45, 2.75) is 20.1 Å². The molecular formula is C25H25BrF2N4O5S. The Labute approximate surface area is 226 Å². The summed E-state index contributed by atoms with van der Waals surface area (Å²) in [6, 6.07) is 9.93. The lowest BCUT2D eigenvalue weighted by Gasteiger charge is -2.33. The highest BCUT2D eigenvalue weighted by Crippen LogP contribution is 2.21. The lowest BCUT2D eigenvalue weighted by molar-refractivity contribution is 0.0698. The number of amides is 1. The minimum absolute atomic E-state index is 0.00982. The molecule has 0 saturated carbocycles. The Morgan fingerprint density at radius 1 is 1.08 bits per heavy atom. The number of aromatic nitrogens is 2. The monoisotopic (exact) mass is 610 g/mol. The Bertz CT molecular complexity index is 1520. The lowest BCUT2D eigenvalue weighted by atomic mass is 10.1. The predicted octanol–water partition coefficient (Wildman–Crippen LogP) is 2.94. The second-order valence-electron chi connectivity index (χ2n) is 8.85. The Balaban J connectivity index is 1.43. The summed E-state index contributed by atoms with van der Waals surface area (Å²) in [7, 11) is -3.28. The first-order valence-electron chi connectivity index (χ1n) is 11.6. The Morgan fingerprint density at radius 3 is 2.34 bits per heavy atom. The smallest absolute Gasteiger partial charge is 0.272 e. The van der Waals surface area contributed by atoms with Gasteiger partial charge in [-0.25, -0.2) is 17.2 Å². The quantitative estimate of drug-likeness (QED) is 0.408. The molecule has 1 aliphatic heterocycles. The number of benzene rings is 2. The molecular weight excluding hydrogens is 586 g/mol. The number of aryl methyl sites for hydroxylation is 1. The summed E-state index contributed by atoms with van der Waals surface area (Å²) in [5.41, 5.74) is 0.927. The van der Waals surface area contributed by atoms with E-state index in [-0.39, 0.29) is 48.1 Å². The number of nitrogens with zero attached hydrogens (tertiary/aromatic N) is 4. The average molecular weight is 611 g/mol. The fraction of sp³-hybridized carbons (Fsp3) is 0.320. The number of halogens is 3. The van der Waals surface area contributed by atoms with Crippen LogP contribution in [0, 0.1) is 18.6 Å². The average Bonchev–Trinajstić information content (AvgIpc) is 2.88. The molecule has 0 unspecified atom stereocenters. The van der Waals surface area contributed by atoms with Gasteiger partial charge < -0.3 is 9.64 Å². The third-order valence-electron chi connectivity index (χ3n) is 6.19. The van der Waals surface area contributed by atoms with Crippen LogP contribution in [0.25, 0.3) is 0 Å². The SMILES string of the molecule is Cc1nc(OCc2ccc(F)cc2F)c(Br)c(=O)n1Cc1ccc(C(=O)N2CCN(S(C)(=O)=O)CC2)cc1. The Morgan fingerprint density at radius 2 is 1.74 bits per heavy atom. The molecule has 0 bridgehead atoms. The Hall–Kier alpha value is -3.16. The second-order valence-corrected chi connectivity index (χ2v) is 11.6. The van der Waals surface area contributed by atoms with Gasteiger partial charge in [0.1, 0.15) is 28.5 Å². The van der Waals surface area contributed by atoms with Crippen LogP contribution < -0.4 is 10.3 Å². The lowest BCUT2D eigenvalue weighted by Crippen LogP contribution is -2.50. The van der Waals surface area contributed by atoms with E-state index in [9.17, 15) is 26.8 Å². The molecule has 2 aromatic carbocycles. The van der Waals surface area contributed by atoms with Crippen molar-refractivity contribution >= 4 is 31.9 Å². The minimum atomic E-state index is -3.28. The molecule has 0 aliphatic carbocycles. The van der Waals surface area contributed by atoms with Crippen LogP contribution in [0.4, 0.5) is 8.78 Å². The van der Waals surface area contributed by atoms with Crippen molar-refractivity contribution in [1.82, 2.24) is 18.8 Å². The molecule has 1 saturated heterocycles. The number of carbonyl (C=O) groups excluding carboxylic acids is 1. The van der Waals surface area contributed by atoms with E-state index in [1.54, 1.807) is 36.1 Å². The summed E-state index contributed by atoms with van der Waals surface area (Å²) in [6.07, 6.45) is 1.15. The van der Waals surface area contributed by atoms with Crippen molar-refractivity contribution in [2.75, 3.05) is 32.4 Å². The highest BCUT2D eigenvalue weighted by molar-refractivity contribution is 9.10. The zero-order valence-corrected chi connectivity index (χ0v) is 23.1. The molecule has 1 aromatic heterocycles. The standard InChI is InChI=1S/C25H25BrF2N4O5S/c1-16-29-23(37-15-19-7-8-20(27)13-21(19)28)22(26)25(34)32(16)14-17-3-5-18(6-4-17)24(33)30-9-11-31(12-10-30)38(2,35)36/h3-8,13H,9-12,14-15H2,1-2H3. The van der Waals surface area contributed by atoms with E-state index in [1.807, 2.05) is 0 Å². The van der Waals surface area contributed by atoms with Crippen LogP contribution in [0.5, 0.6) is 5.88 Å².